The molecule has 178 valence electrons. The van der Waals surface area contributed by atoms with E-state index in [1.165, 1.54) is 4.90 Å². The third-order valence-corrected chi connectivity index (χ3v) is 6.28. The van der Waals surface area contributed by atoms with Gasteiger partial charge in [-0.1, -0.05) is 40.2 Å². The average Bonchev–Trinajstić information content (AvgIpc) is 3.13. The number of nitrogens with zero attached hydrogens (tertiary/aromatic N) is 4. The highest BCUT2D eigenvalue weighted by Crippen LogP contribution is 2.28. The van der Waals surface area contributed by atoms with Gasteiger partial charge in [-0.25, -0.2) is 4.98 Å². The Morgan fingerprint density at radius 1 is 1.12 bits per heavy atom. The molecule has 7 nitrogen and oxygen atoms in total. The van der Waals surface area contributed by atoms with Gasteiger partial charge >= 0.3 is 0 Å². The van der Waals surface area contributed by atoms with Crippen LogP contribution in [0, 0.1) is 0 Å². The lowest BCUT2D eigenvalue weighted by Gasteiger charge is -2.38. The van der Waals surface area contributed by atoms with Crippen molar-refractivity contribution in [2.75, 3.05) is 6.61 Å². The second-order valence-electron chi connectivity index (χ2n) is 9.24. The van der Waals surface area contributed by atoms with Crippen LogP contribution in [-0.4, -0.2) is 37.7 Å². The number of benzene rings is 2. The van der Waals surface area contributed by atoms with E-state index < -0.39 is 11.6 Å². The highest BCUT2D eigenvalue weighted by molar-refractivity contribution is 9.10. The Hall–Kier alpha value is -2.97. The molecular formula is C26H28BrN4O3-. The van der Waals surface area contributed by atoms with Gasteiger partial charge in [-0.15, -0.1) is 0 Å². The van der Waals surface area contributed by atoms with Crippen LogP contribution >= 0.6 is 15.9 Å². The van der Waals surface area contributed by atoms with Crippen molar-refractivity contribution in [2.24, 2.45) is 0 Å². The van der Waals surface area contributed by atoms with Crippen LogP contribution in [0.5, 0.6) is 0 Å². The molecule has 0 saturated heterocycles. The molecule has 2 aromatic carbocycles. The number of hydrogen-bond acceptors (Lipinski definition) is 5. The van der Waals surface area contributed by atoms with Crippen molar-refractivity contribution in [3.05, 3.63) is 70.1 Å². The number of carbonyl (C=O) groups is 1. The summed E-state index contributed by atoms with van der Waals surface area (Å²) in [4.78, 5) is 22.3. The van der Waals surface area contributed by atoms with Crippen LogP contribution in [0.1, 0.15) is 44.6 Å². The lowest BCUT2D eigenvalue weighted by molar-refractivity contribution is -0.271. The number of ether oxygens (including phenoxy) is 1. The van der Waals surface area contributed by atoms with Crippen LogP contribution in [0.3, 0.4) is 0 Å². The van der Waals surface area contributed by atoms with E-state index in [0.717, 1.165) is 43.4 Å². The number of imidazole rings is 1. The van der Waals surface area contributed by atoms with E-state index in [0.29, 0.717) is 19.8 Å². The molecule has 0 bridgehead atoms. The molecule has 0 N–H and O–H groups in total. The Kier molecular flexibility index (Phi) is 6.91. The number of pyridine rings is 1. The van der Waals surface area contributed by atoms with Gasteiger partial charge in [0.2, 0.25) is 0 Å². The van der Waals surface area contributed by atoms with Crippen LogP contribution in [0.25, 0.3) is 21.9 Å². The number of amides is 1. The van der Waals surface area contributed by atoms with E-state index in [4.69, 9.17) is 9.72 Å². The van der Waals surface area contributed by atoms with Gasteiger partial charge in [0, 0.05) is 35.1 Å². The fraction of sp³-hybridized carbons (Fsp3) is 0.346. The van der Waals surface area contributed by atoms with Crippen molar-refractivity contribution in [3.8, 4) is 0 Å². The van der Waals surface area contributed by atoms with Gasteiger partial charge in [-0.3, -0.25) is 4.98 Å². The molecule has 0 unspecified atom stereocenters. The Morgan fingerprint density at radius 2 is 1.82 bits per heavy atom. The molecule has 4 rings (SSSR count). The number of carbonyl (C=O) groups excluding carboxylic acids is 1. The second-order valence-corrected chi connectivity index (χ2v) is 10.2. The number of carboxylic acid groups (broad SMARTS) is 1. The van der Waals surface area contributed by atoms with Gasteiger partial charge in [0.1, 0.15) is 24.0 Å². The first-order valence-electron chi connectivity index (χ1n) is 11.2. The van der Waals surface area contributed by atoms with Crippen molar-refractivity contribution in [3.63, 3.8) is 0 Å². The first kappa shape index (κ1) is 24.2. The summed E-state index contributed by atoms with van der Waals surface area (Å²) in [6.45, 7) is 9.45. The molecule has 4 aromatic rings. The number of hydrogen-bond donors (Lipinski definition) is 0. The quantitative estimate of drug-likeness (QED) is 0.344. The molecule has 0 fully saturated rings. The van der Waals surface area contributed by atoms with Gasteiger partial charge in [0.15, 0.2) is 0 Å². The summed E-state index contributed by atoms with van der Waals surface area (Å²) in [7, 11) is 0. The monoisotopic (exact) mass is 523 g/mol. The average molecular weight is 524 g/mol. The Morgan fingerprint density at radius 3 is 2.47 bits per heavy atom. The highest BCUT2D eigenvalue weighted by atomic mass is 79.9. The predicted octanol–water partition coefficient (Wildman–Crippen LogP) is 4.88. The standard InChI is InChI=1S/C26H29BrN4O3/c1-5-34-16-23-29-22-13-28-21-12-19(27)10-11-20(21)24(22)30(23)14-17-6-8-18(9-7-17)15-31(25(32)33)26(2,3)4/h6-13H,5,14-16H2,1-4H3,(H,32,33)/p-1. The minimum Gasteiger partial charge on any atom is -0.530 e. The lowest BCUT2D eigenvalue weighted by atomic mass is 10.0. The number of aromatic nitrogens is 3. The van der Waals surface area contributed by atoms with Gasteiger partial charge in [0.05, 0.1) is 17.2 Å². The Balaban J connectivity index is 1.70. The molecule has 0 atom stereocenters. The molecule has 8 heteroatoms. The molecule has 34 heavy (non-hydrogen) atoms. The second kappa shape index (κ2) is 9.72. The third kappa shape index (κ3) is 5.08. The van der Waals surface area contributed by atoms with E-state index in [9.17, 15) is 9.90 Å². The summed E-state index contributed by atoms with van der Waals surface area (Å²) in [5.41, 5.74) is 4.20. The summed E-state index contributed by atoms with van der Waals surface area (Å²) < 4.78 is 8.85. The van der Waals surface area contributed by atoms with Gasteiger partial charge in [0.25, 0.3) is 0 Å². The van der Waals surface area contributed by atoms with Crippen molar-refractivity contribution in [1.82, 2.24) is 19.4 Å². The Bertz CT molecular complexity index is 1330. The number of fused-ring (bicyclic) bond motifs is 3. The maximum absolute atomic E-state index is 11.6. The van der Waals surface area contributed by atoms with E-state index >= 15 is 0 Å². The summed E-state index contributed by atoms with van der Waals surface area (Å²) in [5, 5.41) is 12.6. The normalized spacial score (nSPS) is 11.9. The molecule has 1 amide bonds. The first-order chi connectivity index (χ1) is 16.2. The largest absolute Gasteiger partial charge is 0.530 e. The van der Waals surface area contributed by atoms with Crippen molar-refractivity contribution >= 4 is 44.0 Å². The summed E-state index contributed by atoms with van der Waals surface area (Å²) in [6.07, 6.45) is 0.634. The third-order valence-electron chi connectivity index (χ3n) is 5.78. The minimum absolute atomic E-state index is 0.279. The molecule has 0 saturated carbocycles. The van der Waals surface area contributed by atoms with Gasteiger partial charge < -0.3 is 24.1 Å². The molecule has 2 aromatic heterocycles. The number of halogens is 1. The zero-order valence-corrected chi connectivity index (χ0v) is 21.4. The van der Waals surface area contributed by atoms with Crippen molar-refractivity contribution in [2.45, 2.75) is 52.9 Å². The van der Waals surface area contributed by atoms with E-state index in [-0.39, 0.29) is 6.54 Å². The number of rotatable bonds is 7. The van der Waals surface area contributed by atoms with Crippen LogP contribution in [-0.2, 0) is 24.4 Å². The first-order valence-corrected chi connectivity index (χ1v) is 12.0. The van der Waals surface area contributed by atoms with Gasteiger partial charge in [-0.2, -0.15) is 0 Å². The van der Waals surface area contributed by atoms with Gasteiger partial charge in [-0.05, 0) is 57.0 Å². The van der Waals surface area contributed by atoms with E-state index in [2.05, 4.69) is 31.5 Å². The Labute approximate surface area is 207 Å². The maximum Gasteiger partial charge on any atom is 0.137 e. The fourth-order valence-electron chi connectivity index (χ4n) is 4.00. The maximum atomic E-state index is 11.6. The SMILES string of the molecule is CCOCc1nc2cnc3cc(Br)ccc3c2n1Cc1ccc(CN(C(=O)[O-])C(C)(C)C)cc1. The van der Waals surface area contributed by atoms with Crippen LogP contribution in [0.2, 0.25) is 0 Å². The zero-order valence-electron chi connectivity index (χ0n) is 19.8. The van der Waals surface area contributed by atoms with Crippen LogP contribution < -0.4 is 5.11 Å². The lowest BCUT2D eigenvalue weighted by Crippen LogP contribution is -2.50. The summed E-state index contributed by atoms with van der Waals surface area (Å²) >= 11 is 3.53. The summed E-state index contributed by atoms with van der Waals surface area (Å²) in [6, 6.07) is 14.1. The molecule has 0 radical (unpaired) electrons. The van der Waals surface area contributed by atoms with E-state index in [1.54, 1.807) is 6.20 Å². The zero-order chi connectivity index (χ0) is 24.5. The van der Waals surface area contributed by atoms with Crippen molar-refractivity contribution in [1.29, 1.82) is 0 Å². The minimum atomic E-state index is -1.17. The van der Waals surface area contributed by atoms with Crippen LogP contribution in [0.4, 0.5) is 4.79 Å². The molecule has 2 heterocycles. The highest BCUT2D eigenvalue weighted by Gasteiger charge is 2.21. The smallest absolute Gasteiger partial charge is 0.137 e. The van der Waals surface area contributed by atoms with E-state index in [1.807, 2.05) is 64.1 Å². The van der Waals surface area contributed by atoms with Crippen molar-refractivity contribution < 1.29 is 14.6 Å². The van der Waals surface area contributed by atoms with Crippen LogP contribution in [0.15, 0.2) is 53.1 Å². The fourth-order valence-corrected chi connectivity index (χ4v) is 4.35. The molecule has 0 spiro atoms. The predicted molar refractivity (Wildman–Crippen MR) is 134 cm³/mol. The molecular weight excluding hydrogens is 496 g/mol. The molecule has 0 aliphatic carbocycles. The topological polar surface area (TPSA) is 83.3 Å². The summed E-state index contributed by atoms with van der Waals surface area (Å²) in [5.74, 6) is 0.842. The molecule has 0 aliphatic heterocycles. The molecule has 0 aliphatic rings.